The van der Waals surface area contributed by atoms with Crippen LogP contribution in [0.2, 0.25) is 0 Å². The van der Waals surface area contributed by atoms with E-state index in [1.54, 1.807) is 44.2 Å². The van der Waals surface area contributed by atoms with Crippen LogP contribution in [-0.2, 0) is 24.4 Å². The third-order valence-corrected chi connectivity index (χ3v) is 8.16. The summed E-state index contributed by atoms with van der Waals surface area (Å²) in [5.74, 6) is -0.524. The molecule has 0 aliphatic heterocycles. The molecular weight excluding hydrogens is 554 g/mol. The van der Waals surface area contributed by atoms with Gasteiger partial charge in [-0.3, -0.25) is 4.79 Å². The van der Waals surface area contributed by atoms with Crippen LogP contribution >= 0.6 is 0 Å². The highest BCUT2D eigenvalue weighted by Crippen LogP contribution is 2.44. The molecule has 1 amide bonds. The Morgan fingerprint density at radius 2 is 1.36 bits per heavy atom. The van der Waals surface area contributed by atoms with Gasteiger partial charge in [-0.05, 0) is 65.9 Å². The largest absolute Gasteiger partial charge is 0.463 e. The number of nitrogens with one attached hydrogen (secondary N) is 1. The van der Waals surface area contributed by atoms with Gasteiger partial charge in [-0.25, -0.2) is 4.79 Å². The van der Waals surface area contributed by atoms with Gasteiger partial charge < -0.3 is 19.0 Å². The number of hydrogen-bond donors (Lipinski definition) is 1. The minimum atomic E-state index is -4.02. The van der Waals surface area contributed by atoms with Crippen molar-refractivity contribution in [3.8, 4) is 16.9 Å². The minimum absolute atomic E-state index is 0.0281. The fraction of sp³-hybridized carbons (Fsp3) is 0.212. The number of hydrogen-bond acceptors (Lipinski definition) is 7. The number of carbonyl (C=O) groups excluding carboxylic acids is 2. The summed E-state index contributed by atoms with van der Waals surface area (Å²) in [5, 5.41) is 2.78. The molecule has 4 aromatic rings. The number of fused-ring (bicyclic) bond motifs is 3. The molecule has 0 spiro atoms. The Hall–Kier alpha value is -4.63. The zero-order valence-electron chi connectivity index (χ0n) is 23.2. The zero-order valence-corrected chi connectivity index (χ0v) is 24.0. The van der Waals surface area contributed by atoms with Crippen LogP contribution in [0, 0.1) is 0 Å². The Bertz CT molecular complexity index is 1620. The first-order valence-electron chi connectivity index (χ1n) is 13.6. The van der Waals surface area contributed by atoms with E-state index >= 15 is 0 Å². The fourth-order valence-corrected chi connectivity index (χ4v) is 5.98. The SMILES string of the molecule is CC(C)OC(=O)CC(NC(=O)OCC1c2ccccc2-c2ccccc21)c1ccc(OS(=O)(=O)c2ccccc2)cc1. The van der Waals surface area contributed by atoms with Crippen LogP contribution in [0.15, 0.2) is 108 Å². The number of ether oxygens (including phenoxy) is 2. The summed E-state index contributed by atoms with van der Waals surface area (Å²) in [5.41, 5.74) is 4.96. The molecule has 4 aromatic carbocycles. The molecule has 0 saturated heterocycles. The maximum atomic E-state index is 13.0. The maximum Gasteiger partial charge on any atom is 0.407 e. The van der Waals surface area contributed by atoms with Crippen molar-refractivity contribution in [3.63, 3.8) is 0 Å². The lowest BCUT2D eigenvalue weighted by molar-refractivity contribution is -0.147. The summed E-state index contributed by atoms with van der Waals surface area (Å²) in [6.07, 6.45) is -1.16. The van der Waals surface area contributed by atoms with Crippen molar-refractivity contribution in [2.45, 2.75) is 43.2 Å². The van der Waals surface area contributed by atoms with Crippen molar-refractivity contribution in [1.82, 2.24) is 5.32 Å². The monoisotopic (exact) mass is 585 g/mol. The van der Waals surface area contributed by atoms with Crippen molar-refractivity contribution < 1.29 is 31.7 Å². The molecule has 0 heterocycles. The Morgan fingerprint density at radius 1 is 0.786 bits per heavy atom. The fourth-order valence-electron chi connectivity index (χ4n) is 5.03. The van der Waals surface area contributed by atoms with E-state index in [4.69, 9.17) is 13.7 Å². The van der Waals surface area contributed by atoms with E-state index in [2.05, 4.69) is 17.4 Å². The molecule has 9 heteroatoms. The topological polar surface area (TPSA) is 108 Å². The lowest BCUT2D eigenvalue weighted by Gasteiger charge is -2.21. The average Bonchev–Trinajstić information content (AvgIpc) is 3.29. The summed E-state index contributed by atoms with van der Waals surface area (Å²) in [6, 6.07) is 29.2. The number of rotatable bonds is 10. The molecule has 1 unspecified atom stereocenters. The van der Waals surface area contributed by atoms with Crippen molar-refractivity contribution >= 4 is 22.2 Å². The molecule has 0 fully saturated rings. The van der Waals surface area contributed by atoms with Crippen molar-refractivity contribution in [1.29, 1.82) is 0 Å². The molecule has 1 aliphatic rings. The summed E-state index contributed by atoms with van der Waals surface area (Å²) in [6.45, 7) is 3.60. The van der Waals surface area contributed by atoms with Crippen LogP contribution in [0.5, 0.6) is 5.75 Å². The van der Waals surface area contributed by atoms with Crippen LogP contribution in [0.4, 0.5) is 4.79 Å². The molecule has 0 bridgehead atoms. The van der Waals surface area contributed by atoms with Crippen molar-refractivity contribution in [2.75, 3.05) is 6.61 Å². The molecule has 42 heavy (non-hydrogen) atoms. The summed E-state index contributed by atoms with van der Waals surface area (Å²) in [4.78, 5) is 25.6. The van der Waals surface area contributed by atoms with Gasteiger partial charge in [-0.15, -0.1) is 0 Å². The molecule has 1 atom stereocenters. The Kier molecular flexibility index (Phi) is 8.59. The Morgan fingerprint density at radius 3 is 1.95 bits per heavy atom. The summed E-state index contributed by atoms with van der Waals surface area (Å²) < 4.78 is 41.4. The van der Waals surface area contributed by atoms with Gasteiger partial charge in [0.2, 0.25) is 0 Å². The van der Waals surface area contributed by atoms with Crippen LogP contribution in [-0.4, -0.2) is 33.2 Å². The second-order valence-electron chi connectivity index (χ2n) is 10.2. The van der Waals surface area contributed by atoms with Gasteiger partial charge in [-0.1, -0.05) is 78.9 Å². The lowest BCUT2D eigenvalue weighted by atomic mass is 9.98. The lowest BCUT2D eigenvalue weighted by Crippen LogP contribution is -2.32. The predicted molar refractivity (Wildman–Crippen MR) is 157 cm³/mol. The molecule has 0 saturated carbocycles. The zero-order chi connectivity index (χ0) is 29.7. The molecule has 5 rings (SSSR count). The second-order valence-corrected chi connectivity index (χ2v) is 11.7. The molecule has 0 aromatic heterocycles. The number of alkyl carbamates (subject to hydrolysis) is 1. The van der Waals surface area contributed by atoms with E-state index in [1.807, 2.05) is 36.4 Å². The van der Waals surface area contributed by atoms with E-state index < -0.39 is 28.2 Å². The van der Waals surface area contributed by atoms with Gasteiger partial charge in [0.1, 0.15) is 17.3 Å². The van der Waals surface area contributed by atoms with Crippen LogP contribution in [0.3, 0.4) is 0 Å². The van der Waals surface area contributed by atoms with E-state index in [0.717, 1.165) is 22.3 Å². The molecule has 1 N–H and O–H groups in total. The summed E-state index contributed by atoms with van der Waals surface area (Å²) >= 11 is 0. The third kappa shape index (κ3) is 6.63. The van der Waals surface area contributed by atoms with E-state index in [-0.39, 0.29) is 35.7 Å². The Balaban J connectivity index is 1.29. The summed E-state index contributed by atoms with van der Waals surface area (Å²) in [7, 11) is -4.02. The Labute approximate surface area is 245 Å². The van der Waals surface area contributed by atoms with Gasteiger partial charge >= 0.3 is 22.2 Å². The average molecular weight is 586 g/mol. The van der Waals surface area contributed by atoms with Crippen molar-refractivity contribution in [3.05, 3.63) is 120 Å². The number of carbonyl (C=O) groups is 2. The molecule has 216 valence electrons. The van der Waals surface area contributed by atoms with E-state index in [1.165, 1.54) is 24.3 Å². The quantitative estimate of drug-likeness (QED) is 0.170. The van der Waals surface area contributed by atoms with Crippen LogP contribution < -0.4 is 9.50 Å². The minimum Gasteiger partial charge on any atom is -0.463 e. The van der Waals surface area contributed by atoms with Gasteiger partial charge in [0, 0.05) is 5.92 Å². The highest BCUT2D eigenvalue weighted by atomic mass is 32.2. The normalized spacial score (nSPS) is 13.1. The molecule has 1 aliphatic carbocycles. The molecule has 8 nitrogen and oxygen atoms in total. The molecular formula is C33H31NO7S. The van der Waals surface area contributed by atoms with Gasteiger partial charge in [0.05, 0.1) is 18.6 Å². The number of benzene rings is 4. The standard InChI is InChI=1S/C33H31NO7S/c1-22(2)40-32(35)20-31(23-16-18-24(19-17-23)41-42(37,38)25-10-4-3-5-11-25)34-33(36)39-21-30-28-14-8-6-12-26(28)27-13-7-9-15-29(27)30/h3-19,22,30-31H,20-21H2,1-2H3,(H,34,36). The maximum absolute atomic E-state index is 13.0. The first-order chi connectivity index (χ1) is 20.2. The highest BCUT2D eigenvalue weighted by molar-refractivity contribution is 7.87. The van der Waals surface area contributed by atoms with Crippen LogP contribution in [0.25, 0.3) is 11.1 Å². The third-order valence-electron chi connectivity index (χ3n) is 6.89. The van der Waals surface area contributed by atoms with Gasteiger partial charge in [0.15, 0.2) is 0 Å². The van der Waals surface area contributed by atoms with Crippen molar-refractivity contribution in [2.24, 2.45) is 0 Å². The first kappa shape index (κ1) is 28.9. The van der Waals surface area contributed by atoms with Gasteiger partial charge in [0.25, 0.3) is 0 Å². The van der Waals surface area contributed by atoms with E-state index in [0.29, 0.717) is 5.56 Å². The van der Waals surface area contributed by atoms with E-state index in [9.17, 15) is 18.0 Å². The first-order valence-corrected chi connectivity index (χ1v) is 15.0. The molecule has 0 radical (unpaired) electrons. The van der Waals surface area contributed by atoms with Gasteiger partial charge in [-0.2, -0.15) is 8.42 Å². The smallest absolute Gasteiger partial charge is 0.407 e. The number of amides is 1. The van der Waals surface area contributed by atoms with Crippen LogP contribution in [0.1, 0.15) is 48.9 Å². The number of esters is 1. The highest BCUT2D eigenvalue weighted by Gasteiger charge is 2.30. The second kappa shape index (κ2) is 12.5. The predicted octanol–water partition coefficient (Wildman–Crippen LogP) is 6.38.